The van der Waals surface area contributed by atoms with Gasteiger partial charge in [-0.3, -0.25) is 4.90 Å². The fraction of sp³-hybridized carbons (Fsp3) is 0.357. The monoisotopic (exact) mass is 444 g/mol. The standard InChI is InChI=1S/C28H32N2O3/c1-29-13-15-30(16-14-29)17-18-32-24-10-7-22(8-11-24)28-25-12-9-23(31)19-27(25)33-20-26(28)21-5-3-2-4-6-21/h2-12,19,26,28,31H,13-18,20H2,1H3. The van der Waals surface area contributed by atoms with E-state index in [0.717, 1.165) is 49.8 Å². The van der Waals surface area contributed by atoms with E-state index < -0.39 is 0 Å². The van der Waals surface area contributed by atoms with E-state index >= 15 is 0 Å². The molecule has 2 unspecified atom stereocenters. The third kappa shape index (κ3) is 5.00. The van der Waals surface area contributed by atoms with Crippen LogP contribution in [0.3, 0.4) is 0 Å². The van der Waals surface area contributed by atoms with Crippen LogP contribution in [0.1, 0.15) is 28.5 Å². The molecule has 0 saturated carbocycles. The van der Waals surface area contributed by atoms with Crippen LogP contribution in [0.4, 0.5) is 0 Å². The van der Waals surface area contributed by atoms with Crippen molar-refractivity contribution >= 4 is 0 Å². The second-order valence-corrected chi connectivity index (χ2v) is 9.09. The Balaban J connectivity index is 1.32. The minimum Gasteiger partial charge on any atom is -0.508 e. The van der Waals surface area contributed by atoms with E-state index in [4.69, 9.17) is 9.47 Å². The highest BCUT2D eigenvalue weighted by Gasteiger charge is 2.33. The summed E-state index contributed by atoms with van der Waals surface area (Å²) in [5, 5.41) is 9.95. The lowest BCUT2D eigenvalue weighted by Gasteiger charge is -2.34. The Kier molecular flexibility index (Phi) is 6.51. The molecule has 0 radical (unpaired) electrons. The van der Waals surface area contributed by atoms with Crippen molar-refractivity contribution in [3.63, 3.8) is 0 Å². The van der Waals surface area contributed by atoms with Gasteiger partial charge in [0, 0.05) is 56.2 Å². The Bertz CT molecular complexity index is 1050. The Morgan fingerprint density at radius 2 is 1.67 bits per heavy atom. The lowest BCUT2D eigenvalue weighted by Crippen LogP contribution is -2.45. The van der Waals surface area contributed by atoms with Crippen molar-refractivity contribution in [2.24, 2.45) is 0 Å². The molecule has 2 aliphatic rings. The number of hydrogen-bond donors (Lipinski definition) is 1. The van der Waals surface area contributed by atoms with Gasteiger partial charge < -0.3 is 19.5 Å². The molecule has 1 fully saturated rings. The maximum absolute atomic E-state index is 9.95. The average Bonchev–Trinajstić information content (AvgIpc) is 2.85. The molecule has 0 bridgehead atoms. The van der Waals surface area contributed by atoms with Gasteiger partial charge in [-0.05, 0) is 36.4 Å². The zero-order valence-electron chi connectivity index (χ0n) is 19.2. The molecule has 5 nitrogen and oxygen atoms in total. The molecule has 0 spiro atoms. The van der Waals surface area contributed by atoms with E-state index in [0.29, 0.717) is 13.2 Å². The number of phenolic OH excluding ortho intramolecular Hbond substituents is 1. The lowest BCUT2D eigenvalue weighted by atomic mass is 9.76. The molecule has 0 aliphatic carbocycles. The van der Waals surface area contributed by atoms with Crippen LogP contribution in [0.15, 0.2) is 72.8 Å². The second-order valence-electron chi connectivity index (χ2n) is 9.09. The van der Waals surface area contributed by atoms with Crippen LogP contribution < -0.4 is 9.47 Å². The van der Waals surface area contributed by atoms with Crippen molar-refractivity contribution in [1.82, 2.24) is 9.80 Å². The highest BCUT2D eigenvalue weighted by atomic mass is 16.5. The zero-order chi connectivity index (χ0) is 22.6. The number of likely N-dealkylation sites (N-methyl/N-ethyl adjacent to an activating group) is 1. The zero-order valence-corrected chi connectivity index (χ0v) is 19.2. The molecule has 2 heterocycles. The number of benzene rings is 3. The minimum atomic E-state index is 0.149. The third-order valence-electron chi connectivity index (χ3n) is 6.89. The summed E-state index contributed by atoms with van der Waals surface area (Å²) in [6.45, 7) is 6.71. The van der Waals surface area contributed by atoms with Gasteiger partial charge >= 0.3 is 0 Å². The number of ether oxygens (including phenoxy) is 2. The predicted octanol–water partition coefficient (Wildman–Crippen LogP) is 4.33. The summed E-state index contributed by atoms with van der Waals surface area (Å²) >= 11 is 0. The first kappa shape index (κ1) is 21.8. The van der Waals surface area contributed by atoms with Crippen molar-refractivity contribution in [3.05, 3.63) is 89.5 Å². The highest BCUT2D eigenvalue weighted by molar-refractivity contribution is 5.50. The van der Waals surface area contributed by atoms with Crippen LogP contribution in [0.2, 0.25) is 0 Å². The number of rotatable bonds is 6. The molecule has 3 aromatic rings. The Labute approximate surface area is 196 Å². The molecule has 5 heteroatoms. The minimum absolute atomic E-state index is 0.149. The predicted molar refractivity (Wildman–Crippen MR) is 131 cm³/mol. The van der Waals surface area contributed by atoms with Gasteiger partial charge in [0.25, 0.3) is 0 Å². The first-order chi connectivity index (χ1) is 16.2. The third-order valence-corrected chi connectivity index (χ3v) is 6.89. The molecule has 0 aromatic heterocycles. The summed E-state index contributed by atoms with van der Waals surface area (Å²) in [4.78, 5) is 4.84. The molecular formula is C28H32N2O3. The van der Waals surface area contributed by atoms with Gasteiger partial charge in [0.2, 0.25) is 0 Å². The van der Waals surface area contributed by atoms with Gasteiger partial charge in [-0.2, -0.15) is 0 Å². The summed E-state index contributed by atoms with van der Waals surface area (Å²) in [7, 11) is 2.18. The SMILES string of the molecule is CN1CCN(CCOc2ccc(C3c4ccc(O)cc4OCC3c3ccccc3)cc2)CC1. The molecule has 3 aromatic carbocycles. The van der Waals surface area contributed by atoms with Crippen molar-refractivity contribution in [1.29, 1.82) is 0 Å². The van der Waals surface area contributed by atoms with Crippen molar-refractivity contribution in [2.45, 2.75) is 11.8 Å². The number of nitrogens with zero attached hydrogens (tertiary/aromatic N) is 2. The maximum atomic E-state index is 9.95. The van der Waals surface area contributed by atoms with Crippen LogP contribution >= 0.6 is 0 Å². The van der Waals surface area contributed by atoms with Gasteiger partial charge in [-0.1, -0.05) is 48.5 Å². The van der Waals surface area contributed by atoms with E-state index in [2.05, 4.69) is 65.4 Å². The number of fused-ring (bicyclic) bond motifs is 1. The molecule has 5 rings (SSSR count). The van der Waals surface area contributed by atoms with Gasteiger partial charge in [0.05, 0.1) is 6.61 Å². The number of hydrogen-bond acceptors (Lipinski definition) is 5. The number of piperazine rings is 1. The van der Waals surface area contributed by atoms with Gasteiger partial charge in [-0.25, -0.2) is 0 Å². The number of aromatic hydroxyl groups is 1. The van der Waals surface area contributed by atoms with Crippen LogP contribution in [-0.2, 0) is 0 Å². The molecule has 33 heavy (non-hydrogen) atoms. The maximum Gasteiger partial charge on any atom is 0.126 e. The van der Waals surface area contributed by atoms with E-state index in [1.165, 1.54) is 11.1 Å². The second kappa shape index (κ2) is 9.86. The molecule has 2 aliphatic heterocycles. The Morgan fingerprint density at radius 3 is 2.42 bits per heavy atom. The van der Waals surface area contributed by atoms with Crippen molar-refractivity contribution in [3.8, 4) is 17.2 Å². The van der Waals surface area contributed by atoms with Gasteiger partial charge in [0.15, 0.2) is 0 Å². The smallest absolute Gasteiger partial charge is 0.126 e. The Hall–Kier alpha value is -3.02. The average molecular weight is 445 g/mol. The van der Waals surface area contributed by atoms with Crippen LogP contribution in [0.25, 0.3) is 0 Å². The van der Waals surface area contributed by atoms with Crippen molar-refractivity contribution in [2.75, 3.05) is 53.0 Å². The van der Waals surface area contributed by atoms with E-state index in [9.17, 15) is 5.11 Å². The van der Waals surface area contributed by atoms with Crippen molar-refractivity contribution < 1.29 is 14.6 Å². The van der Waals surface area contributed by atoms with Crippen LogP contribution in [0.5, 0.6) is 17.2 Å². The van der Waals surface area contributed by atoms with Gasteiger partial charge in [-0.15, -0.1) is 0 Å². The van der Waals surface area contributed by atoms with Crippen LogP contribution in [0, 0.1) is 0 Å². The fourth-order valence-electron chi connectivity index (χ4n) is 4.93. The molecule has 2 atom stereocenters. The normalized spacial score (nSPS) is 21.2. The molecule has 1 N–H and O–H groups in total. The lowest BCUT2D eigenvalue weighted by molar-refractivity contribution is 0.133. The summed E-state index contributed by atoms with van der Waals surface area (Å²) in [5.74, 6) is 2.25. The largest absolute Gasteiger partial charge is 0.508 e. The Morgan fingerprint density at radius 1 is 0.909 bits per heavy atom. The number of phenols is 1. The fourth-order valence-corrected chi connectivity index (χ4v) is 4.93. The molecule has 172 valence electrons. The van der Waals surface area contributed by atoms with E-state index in [1.54, 1.807) is 12.1 Å². The van der Waals surface area contributed by atoms with Gasteiger partial charge in [0.1, 0.15) is 23.9 Å². The van der Waals surface area contributed by atoms with Crippen LogP contribution in [-0.4, -0.2) is 67.9 Å². The summed E-state index contributed by atoms with van der Waals surface area (Å²) in [6.07, 6.45) is 0. The molecular weight excluding hydrogens is 412 g/mol. The molecule has 1 saturated heterocycles. The summed E-state index contributed by atoms with van der Waals surface area (Å²) in [6, 6.07) is 24.5. The highest BCUT2D eigenvalue weighted by Crippen LogP contribution is 2.47. The van der Waals surface area contributed by atoms with E-state index in [1.807, 2.05) is 12.1 Å². The summed E-state index contributed by atoms with van der Waals surface area (Å²) < 4.78 is 12.1. The first-order valence-electron chi connectivity index (χ1n) is 11.8. The topological polar surface area (TPSA) is 45.2 Å². The van der Waals surface area contributed by atoms with E-state index in [-0.39, 0.29) is 17.6 Å². The first-order valence-corrected chi connectivity index (χ1v) is 11.8. The summed E-state index contributed by atoms with van der Waals surface area (Å²) in [5.41, 5.74) is 3.59. The molecule has 0 amide bonds. The quantitative estimate of drug-likeness (QED) is 0.613.